The maximum atomic E-state index is 12.0. The molecule has 0 unspecified atom stereocenters. The predicted molar refractivity (Wildman–Crippen MR) is 92.7 cm³/mol. The minimum atomic E-state index is -0.103. The molecule has 20 heavy (non-hydrogen) atoms. The van der Waals surface area contributed by atoms with Gasteiger partial charge in [-0.1, -0.05) is 35.3 Å². The van der Waals surface area contributed by atoms with Crippen LogP contribution < -0.4 is 5.32 Å². The van der Waals surface area contributed by atoms with E-state index >= 15 is 0 Å². The monoisotopic (exact) mass is 419 g/mol. The zero-order chi connectivity index (χ0) is 14.7. The molecule has 104 valence electrons. The summed E-state index contributed by atoms with van der Waals surface area (Å²) in [7, 11) is 0. The Labute approximate surface area is 141 Å². The summed E-state index contributed by atoms with van der Waals surface area (Å²) < 4.78 is 1.12. The number of hydrogen-bond donors (Lipinski definition) is 1. The zero-order valence-corrected chi connectivity index (χ0v) is 14.4. The molecule has 1 amide bonds. The van der Waals surface area contributed by atoms with Gasteiger partial charge in [-0.25, -0.2) is 0 Å². The van der Waals surface area contributed by atoms with Crippen LogP contribution in [-0.4, -0.2) is 5.91 Å². The van der Waals surface area contributed by atoms with Gasteiger partial charge < -0.3 is 5.32 Å². The van der Waals surface area contributed by atoms with E-state index in [9.17, 15) is 4.79 Å². The van der Waals surface area contributed by atoms with E-state index in [0.717, 1.165) is 14.8 Å². The molecule has 0 heterocycles. The topological polar surface area (TPSA) is 29.1 Å². The minimum Gasteiger partial charge on any atom is -0.326 e. The maximum Gasteiger partial charge on any atom is 0.228 e. The summed E-state index contributed by atoms with van der Waals surface area (Å²) in [5.41, 5.74) is 2.73. The van der Waals surface area contributed by atoms with E-state index in [4.69, 9.17) is 23.2 Å². The lowest BCUT2D eigenvalue weighted by molar-refractivity contribution is -0.115. The fourth-order valence-corrected chi connectivity index (χ4v) is 2.70. The highest BCUT2D eigenvalue weighted by atomic mass is 127. The fourth-order valence-electron chi connectivity index (χ4n) is 1.71. The third-order valence-corrected chi connectivity index (χ3v) is 4.57. The summed E-state index contributed by atoms with van der Waals surface area (Å²) in [6, 6.07) is 10.9. The second-order valence-corrected chi connectivity index (χ2v) is 6.43. The first-order valence-corrected chi connectivity index (χ1v) is 7.79. The number of anilines is 1. The number of benzene rings is 2. The largest absolute Gasteiger partial charge is 0.326 e. The molecule has 0 spiro atoms. The highest BCUT2D eigenvalue weighted by Gasteiger charge is 2.08. The van der Waals surface area contributed by atoms with Crippen molar-refractivity contribution in [1.29, 1.82) is 0 Å². The molecule has 1 N–H and O–H groups in total. The molecule has 0 aliphatic rings. The minimum absolute atomic E-state index is 0.103. The van der Waals surface area contributed by atoms with E-state index in [-0.39, 0.29) is 12.3 Å². The van der Waals surface area contributed by atoms with Crippen LogP contribution in [0.5, 0.6) is 0 Å². The van der Waals surface area contributed by atoms with Crippen LogP contribution in [-0.2, 0) is 11.2 Å². The molecule has 0 saturated carbocycles. The highest BCUT2D eigenvalue weighted by molar-refractivity contribution is 14.1. The second kappa shape index (κ2) is 6.78. The van der Waals surface area contributed by atoms with Gasteiger partial charge in [0.2, 0.25) is 5.91 Å². The molecule has 2 nitrogen and oxygen atoms in total. The number of amides is 1. The SMILES string of the molecule is Cc1ccc(NC(=O)Cc2ccc(Cl)cc2Cl)cc1I. The van der Waals surface area contributed by atoms with E-state index < -0.39 is 0 Å². The molecule has 2 aromatic rings. The van der Waals surface area contributed by atoms with Crippen molar-refractivity contribution in [3.63, 3.8) is 0 Å². The van der Waals surface area contributed by atoms with Crippen LogP contribution >= 0.6 is 45.8 Å². The molecular weight excluding hydrogens is 408 g/mol. The zero-order valence-electron chi connectivity index (χ0n) is 10.7. The van der Waals surface area contributed by atoms with E-state index in [2.05, 4.69) is 27.9 Å². The first-order valence-electron chi connectivity index (χ1n) is 5.95. The van der Waals surface area contributed by atoms with Crippen molar-refractivity contribution in [3.8, 4) is 0 Å². The lowest BCUT2D eigenvalue weighted by Crippen LogP contribution is -2.14. The molecule has 5 heteroatoms. The van der Waals surface area contributed by atoms with E-state index in [1.807, 2.05) is 25.1 Å². The molecule has 0 saturated heterocycles. The molecule has 0 atom stereocenters. The van der Waals surface area contributed by atoms with Gasteiger partial charge in [-0.2, -0.15) is 0 Å². The molecule has 0 fully saturated rings. The number of rotatable bonds is 3. The van der Waals surface area contributed by atoms with Crippen molar-refractivity contribution in [1.82, 2.24) is 0 Å². The average Bonchev–Trinajstić information content (AvgIpc) is 2.37. The van der Waals surface area contributed by atoms with Gasteiger partial charge in [0.15, 0.2) is 0 Å². The number of carbonyl (C=O) groups excluding carboxylic acids is 1. The van der Waals surface area contributed by atoms with Gasteiger partial charge in [0.05, 0.1) is 6.42 Å². The van der Waals surface area contributed by atoms with Crippen LogP contribution in [0.15, 0.2) is 36.4 Å². The first-order chi connectivity index (χ1) is 9.45. The van der Waals surface area contributed by atoms with E-state index in [1.54, 1.807) is 18.2 Å². The Morgan fingerprint density at radius 1 is 1.20 bits per heavy atom. The number of nitrogens with one attached hydrogen (secondary N) is 1. The number of halogens is 3. The maximum absolute atomic E-state index is 12.0. The molecule has 0 radical (unpaired) electrons. The molecule has 0 aliphatic carbocycles. The number of hydrogen-bond acceptors (Lipinski definition) is 1. The van der Waals surface area contributed by atoms with Gasteiger partial charge in [0, 0.05) is 19.3 Å². The molecule has 0 bridgehead atoms. The summed E-state index contributed by atoms with van der Waals surface area (Å²) in [6.07, 6.45) is 0.223. The third-order valence-electron chi connectivity index (χ3n) is 2.82. The quantitative estimate of drug-likeness (QED) is 0.690. The van der Waals surface area contributed by atoms with Gasteiger partial charge in [-0.3, -0.25) is 4.79 Å². The smallest absolute Gasteiger partial charge is 0.228 e. The lowest BCUT2D eigenvalue weighted by Gasteiger charge is -2.08. The molecular formula is C15H12Cl2INO. The fraction of sp³-hybridized carbons (Fsp3) is 0.133. The Hall–Kier alpha value is -0.780. The van der Waals surface area contributed by atoms with Gasteiger partial charge in [0.1, 0.15) is 0 Å². The van der Waals surface area contributed by atoms with Crippen molar-refractivity contribution in [2.24, 2.45) is 0 Å². The van der Waals surface area contributed by atoms with E-state index in [0.29, 0.717) is 10.0 Å². The summed E-state index contributed by atoms with van der Waals surface area (Å²) >= 11 is 14.1. The number of aryl methyl sites for hydroxylation is 1. The summed E-state index contributed by atoms with van der Waals surface area (Å²) in [4.78, 5) is 12.0. The first kappa shape index (κ1) is 15.6. The summed E-state index contributed by atoms with van der Waals surface area (Å²) in [6.45, 7) is 2.03. The lowest BCUT2D eigenvalue weighted by atomic mass is 10.1. The van der Waals surface area contributed by atoms with Crippen LogP contribution in [0.4, 0.5) is 5.69 Å². The molecule has 0 aromatic heterocycles. The second-order valence-electron chi connectivity index (χ2n) is 4.42. The molecule has 0 aliphatic heterocycles. The Bertz CT molecular complexity index is 658. The number of carbonyl (C=O) groups is 1. The van der Waals surface area contributed by atoms with Crippen molar-refractivity contribution in [2.45, 2.75) is 13.3 Å². The van der Waals surface area contributed by atoms with Crippen LogP contribution in [0.3, 0.4) is 0 Å². The van der Waals surface area contributed by atoms with Gasteiger partial charge >= 0.3 is 0 Å². The Morgan fingerprint density at radius 3 is 2.60 bits per heavy atom. The Kier molecular flexibility index (Phi) is 5.29. The van der Waals surface area contributed by atoms with Crippen molar-refractivity contribution >= 4 is 57.4 Å². The van der Waals surface area contributed by atoms with Crippen molar-refractivity contribution in [2.75, 3.05) is 5.32 Å². The van der Waals surface area contributed by atoms with Gasteiger partial charge in [-0.15, -0.1) is 0 Å². The molecule has 2 aromatic carbocycles. The van der Waals surface area contributed by atoms with Gasteiger partial charge in [-0.05, 0) is 64.9 Å². The van der Waals surface area contributed by atoms with Crippen molar-refractivity contribution < 1.29 is 4.79 Å². The Balaban J connectivity index is 2.07. The highest BCUT2D eigenvalue weighted by Crippen LogP contribution is 2.22. The normalized spacial score (nSPS) is 10.4. The van der Waals surface area contributed by atoms with Crippen LogP contribution in [0.25, 0.3) is 0 Å². The van der Waals surface area contributed by atoms with Gasteiger partial charge in [0.25, 0.3) is 0 Å². The van der Waals surface area contributed by atoms with E-state index in [1.165, 1.54) is 5.56 Å². The third kappa shape index (κ3) is 4.11. The summed E-state index contributed by atoms with van der Waals surface area (Å²) in [5, 5.41) is 3.93. The van der Waals surface area contributed by atoms with Crippen LogP contribution in [0.2, 0.25) is 10.0 Å². The predicted octanol–water partition coefficient (Wildman–Crippen LogP) is 5.09. The molecule has 2 rings (SSSR count). The van der Waals surface area contributed by atoms with Crippen molar-refractivity contribution in [3.05, 3.63) is 61.1 Å². The van der Waals surface area contributed by atoms with Crippen LogP contribution in [0, 0.1) is 10.5 Å². The van der Waals surface area contributed by atoms with Crippen LogP contribution in [0.1, 0.15) is 11.1 Å². The standard InChI is InChI=1S/C15H12Cl2INO/c1-9-2-5-12(8-14(9)18)19-15(20)6-10-3-4-11(16)7-13(10)17/h2-5,7-8H,6H2,1H3,(H,19,20). The Morgan fingerprint density at radius 2 is 1.95 bits per heavy atom. The summed E-state index contributed by atoms with van der Waals surface area (Å²) in [5.74, 6) is -0.103. The average molecular weight is 420 g/mol.